The fourth-order valence-electron chi connectivity index (χ4n) is 3.32. The summed E-state index contributed by atoms with van der Waals surface area (Å²) in [6.07, 6.45) is 7.45. The van der Waals surface area contributed by atoms with E-state index in [0.29, 0.717) is 23.4 Å². The molecule has 0 saturated heterocycles. The van der Waals surface area contributed by atoms with Crippen LogP contribution in [0.2, 0.25) is 0 Å². The smallest absolute Gasteiger partial charge is 0.407 e. The summed E-state index contributed by atoms with van der Waals surface area (Å²) in [5.41, 5.74) is 0.969. The molecule has 27 heavy (non-hydrogen) atoms. The van der Waals surface area contributed by atoms with E-state index in [-0.39, 0.29) is 17.7 Å². The van der Waals surface area contributed by atoms with E-state index in [1.807, 2.05) is 13.0 Å². The molecule has 9 nitrogen and oxygen atoms in total. The van der Waals surface area contributed by atoms with Crippen molar-refractivity contribution in [1.82, 2.24) is 25.5 Å². The van der Waals surface area contributed by atoms with E-state index in [1.54, 1.807) is 19.5 Å². The maximum Gasteiger partial charge on any atom is 0.407 e. The molecule has 3 N–H and O–H groups in total. The predicted octanol–water partition coefficient (Wildman–Crippen LogP) is 2.87. The van der Waals surface area contributed by atoms with Crippen molar-refractivity contribution in [2.45, 2.75) is 56.6 Å². The van der Waals surface area contributed by atoms with E-state index >= 15 is 0 Å². The van der Waals surface area contributed by atoms with Crippen molar-refractivity contribution in [3.63, 3.8) is 0 Å². The maximum atomic E-state index is 12.0. The molecule has 2 atom stereocenters. The summed E-state index contributed by atoms with van der Waals surface area (Å²) in [5.74, 6) is 1.95. The SMILES string of the molecule is COc1cncc(Nc2cc([C@H]3CC[C@@H](OC(=O)NC4(C)CC4)C3)[nH]n2)n1. The molecule has 2 fully saturated rings. The fourth-order valence-corrected chi connectivity index (χ4v) is 3.32. The number of aromatic amines is 1. The highest BCUT2D eigenvalue weighted by Gasteiger charge is 2.40. The first kappa shape index (κ1) is 17.6. The molecule has 0 radical (unpaired) electrons. The van der Waals surface area contributed by atoms with Gasteiger partial charge in [0.05, 0.1) is 19.5 Å². The van der Waals surface area contributed by atoms with Crippen molar-refractivity contribution in [3.8, 4) is 5.88 Å². The number of nitrogens with zero attached hydrogens (tertiary/aromatic N) is 3. The zero-order valence-corrected chi connectivity index (χ0v) is 15.5. The number of hydrogen-bond acceptors (Lipinski definition) is 7. The van der Waals surface area contributed by atoms with Crippen molar-refractivity contribution < 1.29 is 14.3 Å². The van der Waals surface area contributed by atoms with Crippen LogP contribution in [0, 0.1) is 0 Å². The minimum atomic E-state index is -0.302. The van der Waals surface area contributed by atoms with Crippen LogP contribution in [0.15, 0.2) is 18.5 Å². The molecule has 2 aliphatic carbocycles. The van der Waals surface area contributed by atoms with Crippen molar-refractivity contribution in [1.29, 1.82) is 0 Å². The van der Waals surface area contributed by atoms with Crippen LogP contribution in [0.5, 0.6) is 5.88 Å². The number of hydrogen-bond donors (Lipinski definition) is 3. The molecule has 0 spiro atoms. The van der Waals surface area contributed by atoms with Crippen LogP contribution in [0.4, 0.5) is 16.4 Å². The second-order valence-corrected chi connectivity index (χ2v) is 7.50. The third-order valence-electron chi connectivity index (χ3n) is 5.18. The lowest BCUT2D eigenvalue weighted by Gasteiger charge is -2.16. The van der Waals surface area contributed by atoms with Crippen LogP contribution in [-0.4, -0.2) is 45.0 Å². The van der Waals surface area contributed by atoms with Crippen LogP contribution in [0.3, 0.4) is 0 Å². The van der Waals surface area contributed by atoms with Gasteiger partial charge in [0, 0.05) is 23.2 Å². The Morgan fingerprint density at radius 3 is 2.93 bits per heavy atom. The normalized spacial score (nSPS) is 22.9. The quantitative estimate of drug-likeness (QED) is 0.714. The van der Waals surface area contributed by atoms with E-state index in [0.717, 1.165) is 37.8 Å². The number of aromatic nitrogens is 4. The largest absolute Gasteiger partial charge is 0.480 e. The summed E-state index contributed by atoms with van der Waals surface area (Å²) in [6, 6.07) is 1.96. The van der Waals surface area contributed by atoms with Gasteiger partial charge in [0.1, 0.15) is 6.10 Å². The third-order valence-corrected chi connectivity index (χ3v) is 5.18. The lowest BCUT2D eigenvalue weighted by atomic mass is 10.0. The highest BCUT2D eigenvalue weighted by molar-refractivity contribution is 5.69. The number of alkyl carbamates (subject to hydrolysis) is 1. The molecule has 2 aromatic heterocycles. The summed E-state index contributed by atoms with van der Waals surface area (Å²) in [7, 11) is 1.55. The molecule has 2 aliphatic rings. The number of carbonyl (C=O) groups is 1. The van der Waals surface area contributed by atoms with E-state index in [2.05, 4.69) is 30.8 Å². The predicted molar refractivity (Wildman–Crippen MR) is 98.1 cm³/mol. The Kier molecular flexibility index (Phi) is 4.59. The Morgan fingerprint density at radius 1 is 1.30 bits per heavy atom. The van der Waals surface area contributed by atoms with E-state index < -0.39 is 0 Å². The molecule has 2 heterocycles. The molecule has 0 aromatic carbocycles. The number of nitrogens with one attached hydrogen (secondary N) is 3. The molecular weight excluding hydrogens is 348 g/mol. The van der Waals surface area contributed by atoms with Gasteiger partial charge in [-0.1, -0.05) is 0 Å². The first-order chi connectivity index (χ1) is 13.0. The van der Waals surface area contributed by atoms with Gasteiger partial charge in [-0.15, -0.1) is 0 Å². The van der Waals surface area contributed by atoms with Crippen LogP contribution < -0.4 is 15.4 Å². The summed E-state index contributed by atoms with van der Waals surface area (Å²) in [6.45, 7) is 2.04. The van der Waals surface area contributed by atoms with Crippen LogP contribution in [0.1, 0.15) is 50.6 Å². The summed E-state index contributed by atoms with van der Waals surface area (Å²) < 4.78 is 10.6. The van der Waals surface area contributed by atoms with Crippen molar-refractivity contribution >= 4 is 17.7 Å². The highest BCUT2D eigenvalue weighted by atomic mass is 16.6. The van der Waals surface area contributed by atoms with Gasteiger partial charge < -0.3 is 20.1 Å². The Morgan fingerprint density at radius 2 is 2.15 bits per heavy atom. The maximum absolute atomic E-state index is 12.0. The zero-order chi connectivity index (χ0) is 18.9. The van der Waals surface area contributed by atoms with E-state index in [9.17, 15) is 4.79 Å². The van der Waals surface area contributed by atoms with Gasteiger partial charge in [-0.25, -0.2) is 4.79 Å². The zero-order valence-electron chi connectivity index (χ0n) is 15.5. The lowest BCUT2D eigenvalue weighted by Crippen LogP contribution is -2.36. The Bertz CT molecular complexity index is 819. The number of anilines is 2. The molecule has 0 aliphatic heterocycles. The fraction of sp³-hybridized carbons (Fsp3) is 0.556. The van der Waals surface area contributed by atoms with E-state index in [4.69, 9.17) is 9.47 Å². The molecule has 0 bridgehead atoms. The minimum absolute atomic E-state index is 0.0535. The summed E-state index contributed by atoms with van der Waals surface area (Å²) >= 11 is 0. The van der Waals surface area contributed by atoms with Crippen LogP contribution >= 0.6 is 0 Å². The van der Waals surface area contributed by atoms with Gasteiger partial charge in [-0.2, -0.15) is 10.1 Å². The van der Waals surface area contributed by atoms with Crippen LogP contribution in [-0.2, 0) is 4.74 Å². The average molecular weight is 372 g/mol. The molecule has 2 saturated carbocycles. The average Bonchev–Trinajstić information content (AvgIpc) is 3.02. The van der Waals surface area contributed by atoms with Gasteiger partial charge in [-0.3, -0.25) is 10.1 Å². The topological polar surface area (TPSA) is 114 Å². The molecule has 144 valence electrons. The number of H-pyrrole nitrogens is 1. The number of rotatable bonds is 6. The minimum Gasteiger partial charge on any atom is -0.480 e. The lowest BCUT2D eigenvalue weighted by molar-refractivity contribution is 0.0967. The summed E-state index contributed by atoms with van der Waals surface area (Å²) in [5, 5.41) is 13.4. The Hall–Kier alpha value is -2.84. The van der Waals surface area contributed by atoms with Gasteiger partial charge in [0.15, 0.2) is 11.6 Å². The van der Waals surface area contributed by atoms with Gasteiger partial charge in [-0.05, 0) is 39.0 Å². The number of methoxy groups -OCH3 is 1. The van der Waals surface area contributed by atoms with Gasteiger partial charge in [0.25, 0.3) is 0 Å². The van der Waals surface area contributed by atoms with Crippen LogP contribution in [0.25, 0.3) is 0 Å². The molecule has 1 amide bonds. The summed E-state index contributed by atoms with van der Waals surface area (Å²) in [4.78, 5) is 20.3. The number of ether oxygens (including phenoxy) is 2. The Labute approximate surface area is 157 Å². The third kappa shape index (κ3) is 4.29. The van der Waals surface area contributed by atoms with Crippen molar-refractivity contribution in [3.05, 3.63) is 24.2 Å². The standard InChI is InChI=1S/C18H24N6O3/c1-18(5-6-18)22-17(25)27-12-4-3-11(7-12)13-8-14(24-23-13)20-15-9-19-10-16(21-15)26-2/h8-12H,3-7H2,1-2H3,(H,22,25)(H2,20,21,23,24)/t11-,12+/m0/s1. The Balaban J connectivity index is 1.31. The van der Waals surface area contributed by atoms with Gasteiger partial charge >= 0.3 is 6.09 Å². The molecular formula is C18H24N6O3. The molecule has 0 unspecified atom stereocenters. The monoisotopic (exact) mass is 372 g/mol. The first-order valence-corrected chi connectivity index (χ1v) is 9.20. The first-order valence-electron chi connectivity index (χ1n) is 9.20. The van der Waals surface area contributed by atoms with Gasteiger partial charge in [0.2, 0.25) is 5.88 Å². The van der Waals surface area contributed by atoms with Crippen molar-refractivity contribution in [2.24, 2.45) is 0 Å². The second-order valence-electron chi connectivity index (χ2n) is 7.50. The number of carbonyl (C=O) groups excluding carboxylic acids is 1. The van der Waals surface area contributed by atoms with Crippen molar-refractivity contribution in [2.75, 3.05) is 12.4 Å². The highest BCUT2D eigenvalue weighted by Crippen LogP contribution is 2.37. The second kappa shape index (κ2) is 7.05. The molecule has 4 rings (SSSR count). The molecule has 2 aromatic rings. The number of amides is 1. The van der Waals surface area contributed by atoms with E-state index in [1.165, 1.54) is 0 Å². The molecule has 9 heteroatoms.